The van der Waals surface area contributed by atoms with Crippen molar-refractivity contribution in [2.75, 3.05) is 33.3 Å². The van der Waals surface area contributed by atoms with Gasteiger partial charge in [-0.05, 0) is 51.9 Å². The summed E-state index contributed by atoms with van der Waals surface area (Å²) in [6.07, 6.45) is 2.84. The Morgan fingerprint density at radius 3 is 2.62 bits per heavy atom. The number of aromatic nitrogens is 1. The first-order valence-corrected chi connectivity index (χ1v) is 7.56. The van der Waals surface area contributed by atoms with Gasteiger partial charge in [-0.3, -0.25) is 9.80 Å². The number of methoxy groups -OCH3 is 1. The van der Waals surface area contributed by atoms with E-state index in [-0.39, 0.29) is 17.2 Å². The monoisotopic (exact) mass is 295 g/mol. The van der Waals surface area contributed by atoms with Crippen LogP contribution >= 0.6 is 0 Å². The second-order valence-electron chi connectivity index (χ2n) is 6.62. The van der Waals surface area contributed by atoms with Crippen molar-refractivity contribution in [2.24, 2.45) is 0 Å². The van der Waals surface area contributed by atoms with Crippen LogP contribution in [0.2, 0.25) is 0 Å². The SMILES string of the molecule is COc1ncc(CN2CCCN(C(C)(C)C)CC2)cc1F. The lowest BCUT2D eigenvalue weighted by Gasteiger charge is -2.34. The largest absolute Gasteiger partial charge is 0.479 e. The molecule has 1 aliphatic rings. The molecule has 5 heteroatoms. The first-order chi connectivity index (χ1) is 9.90. The fourth-order valence-corrected chi connectivity index (χ4v) is 2.76. The number of hydrogen-bond donors (Lipinski definition) is 0. The van der Waals surface area contributed by atoms with Crippen LogP contribution < -0.4 is 4.74 Å². The first-order valence-electron chi connectivity index (χ1n) is 7.56. The number of halogens is 1. The van der Waals surface area contributed by atoms with E-state index >= 15 is 0 Å². The Hall–Kier alpha value is -1.20. The molecule has 118 valence electrons. The summed E-state index contributed by atoms with van der Waals surface area (Å²) in [6.45, 7) is 11.7. The fraction of sp³-hybridized carbons (Fsp3) is 0.688. The molecule has 0 N–H and O–H groups in total. The zero-order valence-corrected chi connectivity index (χ0v) is 13.5. The molecule has 1 aromatic heterocycles. The molecule has 0 aliphatic carbocycles. The number of nitrogens with zero attached hydrogens (tertiary/aromatic N) is 3. The predicted octanol–water partition coefficient (Wildman–Crippen LogP) is 2.54. The standard InChI is InChI=1S/C16H26FN3O/c1-16(2,3)20-7-5-6-19(8-9-20)12-13-10-14(17)15(21-4)18-11-13/h10-11H,5-9,12H2,1-4H3. The van der Waals surface area contributed by atoms with Gasteiger partial charge in [-0.2, -0.15) is 0 Å². The van der Waals surface area contributed by atoms with E-state index in [9.17, 15) is 4.39 Å². The molecule has 0 bridgehead atoms. The molecule has 1 saturated heterocycles. The highest BCUT2D eigenvalue weighted by Gasteiger charge is 2.24. The molecule has 1 aromatic rings. The molecule has 0 atom stereocenters. The zero-order valence-electron chi connectivity index (χ0n) is 13.5. The molecule has 0 amide bonds. The summed E-state index contributed by atoms with van der Waals surface area (Å²) >= 11 is 0. The number of rotatable bonds is 3. The van der Waals surface area contributed by atoms with Crippen LogP contribution in [0.15, 0.2) is 12.3 Å². The maximum atomic E-state index is 13.7. The average molecular weight is 295 g/mol. The van der Waals surface area contributed by atoms with Crippen molar-refractivity contribution in [3.8, 4) is 5.88 Å². The van der Waals surface area contributed by atoms with Crippen LogP contribution in [0.4, 0.5) is 4.39 Å². The van der Waals surface area contributed by atoms with Crippen LogP contribution in [-0.4, -0.2) is 53.6 Å². The molecule has 1 aliphatic heterocycles. The molecule has 0 aromatic carbocycles. The van der Waals surface area contributed by atoms with E-state index in [1.54, 1.807) is 6.20 Å². The van der Waals surface area contributed by atoms with E-state index in [1.807, 2.05) is 0 Å². The van der Waals surface area contributed by atoms with Crippen LogP contribution in [0.3, 0.4) is 0 Å². The second-order valence-corrected chi connectivity index (χ2v) is 6.62. The van der Waals surface area contributed by atoms with Crippen molar-refractivity contribution < 1.29 is 9.13 Å². The van der Waals surface area contributed by atoms with Crippen molar-refractivity contribution in [2.45, 2.75) is 39.3 Å². The maximum absolute atomic E-state index is 13.7. The van der Waals surface area contributed by atoms with Gasteiger partial charge in [-0.25, -0.2) is 9.37 Å². The van der Waals surface area contributed by atoms with Crippen molar-refractivity contribution in [1.82, 2.24) is 14.8 Å². The van der Waals surface area contributed by atoms with Gasteiger partial charge in [0.15, 0.2) is 5.82 Å². The molecule has 2 rings (SSSR count). The summed E-state index contributed by atoms with van der Waals surface area (Å²) in [4.78, 5) is 8.89. The van der Waals surface area contributed by atoms with Gasteiger partial charge in [-0.1, -0.05) is 0 Å². The summed E-state index contributed by atoms with van der Waals surface area (Å²) in [5, 5.41) is 0. The van der Waals surface area contributed by atoms with E-state index in [2.05, 4.69) is 35.6 Å². The van der Waals surface area contributed by atoms with E-state index < -0.39 is 0 Å². The van der Waals surface area contributed by atoms with Crippen LogP contribution in [-0.2, 0) is 6.54 Å². The van der Waals surface area contributed by atoms with Gasteiger partial charge in [0.05, 0.1) is 7.11 Å². The summed E-state index contributed by atoms with van der Waals surface area (Å²) in [6, 6.07) is 1.53. The average Bonchev–Trinajstić information content (AvgIpc) is 2.64. The molecule has 4 nitrogen and oxygen atoms in total. The summed E-state index contributed by atoms with van der Waals surface area (Å²) in [5.74, 6) is -0.324. The predicted molar refractivity (Wildman–Crippen MR) is 82.0 cm³/mol. The van der Waals surface area contributed by atoms with Crippen LogP contribution in [0.1, 0.15) is 32.8 Å². The topological polar surface area (TPSA) is 28.6 Å². The lowest BCUT2D eigenvalue weighted by molar-refractivity contribution is 0.140. The third kappa shape index (κ3) is 4.38. The lowest BCUT2D eigenvalue weighted by Crippen LogP contribution is -2.43. The van der Waals surface area contributed by atoms with E-state index in [1.165, 1.54) is 13.2 Å². The van der Waals surface area contributed by atoms with Crippen molar-refractivity contribution in [1.29, 1.82) is 0 Å². The Morgan fingerprint density at radius 2 is 2.00 bits per heavy atom. The van der Waals surface area contributed by atoms with E-state index in [0.717, 1.165) is 44.7 Å². The Kier molecular flexibility index (Phi) is 5.17. The molecule has 0 unspecified atom stereocenters. The van der Waals surface area contributed by atoms with E-state index in [0.29, 0.717) is 0 Å². The van der Waals surface area contributed by atoms with Gasteiger partial charge in [0.1, 0.15) is 0 Å². The van der Waals surface area contributed by atoms with Gasteiger partial charge < -0.3 is 4.74 Å². The van der Waals surface area contributed by atoms with Gasteiger partial charge in [0.25, 0.3) is 0 Å². The van der Waals surface area contributed by atoms with Gasteiger partial charge in [0.2, 0.25) is 5.88 Å². The molecule has 0 saturated carbocycles. The molecule has 21 heavy (non-hydrogen) atoms. The fourth-order valence-electron chi connectivity index (χ4n) is 2.76. The summed E-state index contributed by atoms with van der Waals surface area (Å²) in [5.41, 5.74) is 1.11. The summed E-state index contributed by atoms with van der Waals surface area (Å²) in [7, 11) is 1.43. The Labute approximate surface area is 126 Å². The van der Waals surface area contributed by atoms with Crippen LogP contribution in [0.25, 0.3) is 0 Å². The Balaban J connectivity index is 1.96. The third-order valence-corrected chi connectivity index (χ3v) is 4.00. The van der Waals surface area contributed by atoms with Gasteiger partial charge in [-0.15, -0.1) is 0 Å². The third-order valence-electron chi connectivity index (χ3n) is 4.00. The minimum atomic E-state index is -0.388. The lowest BCUT2D eigenvalue weighted by atomic mass is 10.1. The first kappa shape index (κ1) is 16.2. The number of pyridine rings is 1. The summed E-state index contributed by atoms with van der Waals surface area (Å²) < 4.78 is 18.5. The normalized spacial score (nSPS) is 18.5. The zero-order chi connectivity index (χ0) is 15.5. The molecule has 0 radical (unpaired) electrons. The van der Waals surface area contributed by atoms with Crippen molar-refractivity contribution in [3.63, 3.8) is 0 Å². The highest BCUT2D eigenvalue weighted by atomic mass is 19.1. The highest BCUT2D eigenvalue weighted by Crippen LogP contribution is 2.18. The minimum absolute atomic E-state index is 0.0634. The number of ether oxygens (including phenoxy) is 1. The van der Waals surface area contributed by atoms with Crippen LogP contribution in [0, 0.1) is 5.82 Å². The molecule has 0 spiro atoms. The smallest absolute Gasteiger partial charge is 0.250 e. The minimum Gasteiger partial charge on any atom is -0.479 e. The quantitative estimate of drug-likeness (QED) is 0.857. The Bertz CT molecular complexity index is 473. The number of hydrogen-bond acceptors (Lipinski definition) is 4. The highest BCUT2D eigenvalue weighted by molar-refractivity contribution is 5.20. The molecule has 1 fully saturated rings. The van der Waals surface area contributed by atoms with Gasteiger partial charge in [0, 0.05) is 31.4 Å². The van der Waals surface area contributed by atoms with E-state index in [4.69, 9.17) is 4.74 Å². The van der Waals surface area contributed by atoms with Crippen molar-refractivity contribution in [3.05, 3.63) is 23.6 Å². The maximum Gasteiger partial charge on any atom is 0.250 e. The van der Waals surface area contributed by atoms with Gasteiger partial charge >= 0.3 is 0 Å². The second kappa shape index (κ2) is 6.71. The molecule has 2 heterocycles. The van der Waals surface area contributed by atoms with Crippen LogP contribution in [0.5, 0.6) is 5.88 Å². The Morgan fingerprint density at radius 1 is 1.24 bits per heavy atom. The van der Waals surface area contributed by atoms with Crippen molar-refractivity contribution >= 4 is 0 Å². The molecular weight excluding hydrogens is 269 g/mol. The molecular formula is C16H26FN3O.